The third-order valence-corrected chi connectivity index (χ3v) is 3.46. The van der Waals surface area contributed by atoms with Crippen LogP contribution in [0.25, 0.3) is 10.9 Å². The monoisotopic (exact) mass is 277 g/mol. The molecule has 0 bridgehead atoms. The average Bonchev–Trinajstić information content (AvgIpc) is 2.80. The summed E-state index contributed by atoms with van der Waals surface area (Å²) in [5.41, 5.74) is 1.22. The fraction of sp³-hybridized carbons (Fsp3) is 0.0667. The summed E-state index contributed by atoms with van der Waals surface area (Å²) >= 11 is 6.08. The van der Waals surface area contributed by atoms with Crippen molar-refractivity contribution >= 4 is 22.5 Å². The van der Waals surface area contributed by atoms with Crippen molar-refractivity contribution in [2.24, 2.45) is 0 Å². The van der Waals surface area contributed by atoms with Gasteiger partial charge in [-0.15, -0.1) is 0 Å². The maximum absolute atomic E-state index is 13.7. The summed E-state index contributed by atoms with van der Waals surface area (Å²) in [6, 6.07) is 11.6. The Morgan fingerprint density at radius 2 is 1.79 bits per heavy atom. The van der Waals surface area contributed by atoms with Crippen LogP contribution >= 0.6 is 11.6 Å². The van der Waals surface area contributed by atoms with E-state index in [1.807, 2.05) is 29.0 Å². The molecule has 0 radical (unpaired) electrons. The zero-order chi connectivity index (χ0) is 13.4. The minimum absolute atomic E-state index is 0.271. The quantitative estimate of drug-likeness (QED) is 0.644. The summed E-state index contributed by atoms with van der Waals surface area (Å²) in [5, 5.41) is 1.55. The Morgan fingerprint density at radius 3 is 2.63 bits per heavy atom. The number of halogens is 3. The summed E-state index contributed by atoms with van der Waals surface area (Å²) in [5.74, 6) is -1.63. The summed E-state index contributed by atoms with van der Waals surface area (Å²) in [6.07, 6.45) is 1.82. The van der Waals surface area contributed by atoms with Gasteiger partial charge in [-0.3, -0.25) is 0 Å². The lowest BCUT2D eigenvalue weighted by atomic mass is 10.2. The first-order valence-electron chi connectivity index (χ1n) is 5.83. The molecule has 3 aromatic rings. The lowest BCUT2D eigenvalue weighted by Gasteiger charge is -2.07. The molecule has 1 heterocycles. The standard InChI is InChI=1S/C15H10ClF2N/c16-12-4-2-6-14-11(12)7-8-19(14)9-10-3-1-5-13(17)15(10)18/h1-8H,9H2. The van der Waals surface area contributed by atoms with Crippen LogP contribution in [0.2, 0.25) is 5.02 Å². The lowest BCUT2D eigenvalue weighted by molar-refractivity contribution is 0.496. The second-order valence-corrected chi connectivity index (χ2v) is 4.74. The van der Waals surface area contributed by atoms with Gasteiger partial charge in [0.2, 0.25) is 0 Å². The van der Waals surface area contributed by atoms with Gasteiger partial charge in [0.15, 0.2) is 11.6 Å². The van der Waals surface area contributed by atoms with E-state index in [1.165, 1.54) is 6.07 Å². The van der Waals surface area contributed by atoms with Crippen molar-refractivity contribution < 1.29 is 8.78 Å². The minimum atomic E-state index is -0.827. The molecule has 0 aliphatic rings. The van der Waals surface area contributed by atoms with Gasteiger partial charge in [0.25, 0.3) is 0 Å². The Kier molecular flexibility index (Phi) is 2.99. The highest BCUT2D eigenvalue weighted by Gasteiger charge is 2.10. The Morgan fingerprint density at radius 1 is 1.00 bits per heavy atom. The van der Waals surface area contributed by atoms with Crippen molar-refractivity contribution in [1.29, 1.82) is 0 Å². The van der Waals surface area contributed by atoms with Gasteiger partial charge in [0, 0.05) is 27.7 Å². The minimum Gasteiger partial charge on any atom is -0.343 e. The third-order valence-electron chi connectivity index (χ3n) is 3.13. The molecular formula is C15H10ClF2N. The van der Waals surface area contributed by atoms with Gasteiger partial charge in [-0.2, -0.15) is 0 Å². The van der Waals surface area contributed by atoms with Crippen LogP contribution in [0, 0.1) is 11.6 Å². The lowest BCUT2D eigenvalue weighted by Crippen LogP contribution is -2.02. The normalized spacial score (nSPS) is 11.1. The van der Waals surface area contributed by atoms with Crippen LogP contribution in [-0.4, -0.2) is 4.57 Å². The smallest absolute Gasteiger partial charge is 0.163 e. The molecule has 0 atom stereocenters. The summed E-state index contributed by atoms with van der Waals surface area (Å²) in [4.78, 5) is 0. The van der Waals surface area contributed by atoms with E-state index in [9.17, 15) is 8.78 Å². The second kappa shape index (κ2) is 4.67. The van der Waals surface area contributed by atoms with Gasteiger partial charge in [-0.05, 0) is 24.3 Å². The number of rotatable bonds is 2. The zero-order valence-corrected chi connectivity index (χ0v) is 10.7. The average molecular weight is 278 g/mol. The first kappa shape index (κ1) is 12.2. The van der Waals surface area contributed by atoms with Crippen molar-refractivity contribution in [3.05, 3.63) is 70.9 Å². The van der Waals surface area contributed by atoms with E-state index in [0.717, 1.165) is 17.0 Å². The maximum atomic E-state index is 13.7. The number of nitrogens with zero attached hydrogens (tertiary/aromatic N) is 1. The van der Waals surface area contributed by atoms with Gasteiger partial charge in [0.05, 0.1) is 6.54 Å². The van der Waals surface area contributed by atoms with Crippen molar-refractivity contribution in [2.75, 3.05) is 0 Å². The summed E-state index contributed by atoms with van der Waals surface area (Å²) in [6.45, 7) is 0.271. The molecule has 4 heteroatoms. The Hall–Kier alpha value is -1.87. The van der Waals surface area contributed by atoms with Crippen molar-refractivity contribution in [3.8, 4) is 0 Å². The second-order valence-electron chi connectivity index (χ2n) is 4.33. The molecule has 1 aromatic heterocycles. The van der Waals surface area contributed by atoms with E-state index in [4.69, 9.17) is 11.6 Å². The first-order chi connectivity index (χ1) is 9.16. The zero-order valence-electron chi connectivity index (χ0n) is 9.91. The van der Waals surface area contributed by atoms with E-state index in [0.29, 0.717) is 10.6 Å². The Balaban J connectivity index is 2.07. The SMILES string of the molecule is Fc1cccc(Cn2ccc3c(Cl)cccc32)c1F. The van der Waals surface area contributed by atoms with E-state index >= 15 is 0 Å². The highest BCUT2D eigenvalue weighted by atomic mass is 35.5. The van der Waals surface area contributed by atoms with Gasteiger partial charge in [-0.25, -0.2) is 8.78 Å². The van der Waals surface area contributed by atoms with Crippen LogP contribution < -0.4 is 0 Å². The molecule has 19 heavy (non-hydrogen) atoms. The van der Waals surface area contributed by atoms with Crippen LogP contribution in [0.5, 0.6) is 0 Å². The molecule has 0 amide bonds. The van der Waals surface area contributed by atoms with Crippen LogP contribution in [0.3, 0.4) is 0 Å². The fourth-order valence-electron chi connectivity index (χ4n) is 2.18. The Labute approximate surface area is 114 Å². The van der Waals surface area contributed by atoms with Gasteiger partial charge < -0.3 is 4.57 Å². The van der Waals surface area contributed by atoms with E-state index in [-0.39, 0.29) is 6.54 Å². The number of hydrogen-bond acceptors (Lipinski definition) is 0. The molecule has 2 aromatic carbocycles. The predicted octanol–water partition coefficient (Wildman–Crippen LogP) is 4.62. The summed E-state index contributed by atoms with van der Waals surface area (Å²) in [7, 11) is 0. The number of hydrogen-bond donors (Lipinski definition) is 0. The highest BCUT2D eigenvalue weighted by molar-refractivity contribution is 6.35. The highest BCUT2D eigenvalue weighted by Crippen LogP contribution is 2.25. The van der Waals surface area contributed by atoms with Gasteiger partial charge >= 0.3 is 0 Å². The molecule has 0 saturated heterocycles. The molecule has 1 nitrogen and oxygen atoms in total. The largest absolute Gasteiger partial charge is 0.343 e. The molecule has 0 N–H and O–H groups in total. The number of fused-ring (bicyclic) bond motifs is 1. The molecule has 0 aliphatic heterocycles. The summed E-state index contributed by atoms with van der Waals surface area (Å²) < 4.78 is 28.7. The number of benzene rings is 2. The molecule has 0 saturated carbocycles. The topological polar surface area (TPSA) is 4.93 Å². The Bertz CT molecular complexity index is 749. The van der Waals surface area contributed by atoms with Crippen LogP contribution in [-0.2, 0) is 6.54 Å². The van der Waals surface area contributed by atoms with Crippen molar-refractivity contribution in [1.82, 2.24) is 4.57 Å². The van der Waals surface area contributed by atoms with Gasteiger partial charge in [-0.1, -0.05) is 29.8 Å². The first-order valence-corrected chi connectivity index (χ1v) is 6.21. The van der Waals surface area contributed by atoms with Gasteiger partial charge in [0.1, 0.15) is 0 Å². The van der Waals surface area contributed by atoms with Crippen molar-refractivity contribution in [2.45, 2.75) is 6.54 Å². The van der Waals surface area contributed by atoms with Crippen LogP contribution in [0.1, 0.15) is 5.56 Å². The maximum Gasteiger partial charge on any atom is 0.163 e. The molecule has 3 rings (SSSR count). The third kappa shape index (κ3) is 2.10. The molecule has 96 valence electrons. The van der Waals surface area contributed by atoms with E-state index in [2.05, 4.69) is 0 Å². The fourth-order valence-corrected chi connectivity index (χ4v) is 2.41. The van der Waals surface area contributed by atoms with Crippen molar-refractivity contribution in [3.63, 3.8) is 0 Å². The molecule has 0 unspecified atom stereocenters. The van der Waals surface area contributed by atoms with E-state index < -0.39 is 11.6 Å². The molecule has 0 fully saturated rings. The molecular weight excluding hydrogens is 268 g/mol. The van der Waals surface area contributed by atoms with E-state index in [1.54, 1.807) is 12.1 Å². The molecule has 0 spiro atoms. The molecule has 0 aliphatic carbocycles. The number of aromatic nitrogens is 1. The predicted molar refractivity (Wildman–Crippen MR) is 72.4 cm³/mol. The van der Waals surface area contributed by atoms with Crippen LogP contribution in [0.15, 0.2) is 48.7 Å². The van der Waals surface area contributed by atoms with Crippen LogP contribution in [0.4, 0.5) is 8.78 Å².